The summed E-state index contributed by atoms with van der Waals surface area (Å²) in [5.74, 6) is 1.91. The van der Waals surface area contributed by atoms with Crippen LogP contribution in [0.4, 0.5) is 0 Å². The van der Waals surface area contributed by atoms with Crippen molar-refractivity contribution >= 4 is 5.97 Å². The molecule has 86 valence electrons. The fourth-order valence-corrected chi connectivity index (χ4v) is 3.58. The van der Waals surface area contributed by atoms with Crippen molar-refractivity contribution in [1.29, 1.82) is 0 Å². The topological polar surface area (TPSA) is 26.3 Å². The molecule has 1 saturated carbocycles. The van der Waals surface area contributed by atoms with Gasteiger partial charge in [0.15, 0.2) is 0 Å². The van der Waals surface area contributed by atoms with Gasteiger partial charge in [-0.25, -0.2) is 0 Å². The van der Waals surface area contributed by atoms with Gasteiger partial charge in [0.05, 0.1) is 5.41 Å². The minimum atomic E-state index is -0.147. The number of rotatable bonds is 1. The van der Waals surface area contributed by atoms with E-state index >= 15 is 0 Å². The average molecular weight is 210 g/mol. The Kier molecular flexibility index (Phi) is 2.56. The number of carbonyl (C=O) groups is 1. The molecule has 4 unspecified atom stereocenters. The van der Waals surface area contributed by atoms with Gasteiger partial charge in [0.1, 0.15) is 6.10 Å². The van der Waals surface area contributed by atoms with E-state index in [0.717, 1.165) is 25.2 Å². The predicted molar refractivity (Wildman–Crippen MR) is 59.3 cm³/mol. The minimum absolute atomic E-state index is 0.0706. The fraction of sp³-hybridized carbons (Fsp3) is 0.923. The molecule has 0 aromatic rings. The van der Waals surface area contributed by atoms with Gasteiger partial charge in [-0.2, -0.15) is 0 Å². The highest BCUT2D eigenvalue weighted by atomic mass is 16.6. The van der Waals surface area contributed by atoms with Crippen LogP contribution in [-0.4, -0.2) is 12.1 Å². The van der Waals surface area contributed by atoms with Gasteiger partial charge in [-0.05, 0) is 38.0 Å². The highest BCUT2D eigenvalue weighted by Gasteiger charge is 2.57. The Morgan fingerprint density at radius 3 is 2.60 bits per heavy atom. The highest BCUT2D eigenvalue weighted by Crippen LogP contribution is 2.54. The maximum atomic E-state index is 12.0. The monoisotopic (exact) mass is 210 g/mol. The number of esters is 1. The molecule has 2 rings (SSSR count). The molecule has 2 aliphatic rings. The maximum Gasteiger partial charge on any atom is 0.312 e. The molecule has 15 heavy (non-hydrogen) atoms. The van der Waals surface area contributed by atoms with E-state index in [0.29, 0.717) is 11.8 Å². The number of cyclic esters (lactones) is 1. The van der Waals surface area contributed by atoms with Crippen molar-refractivity contribution in [2.45, 2.75) is 53.1 Å². The molecular weight excluding hydrogens is 188 g/mol. The van der Waals surface area contributed by atoms with E-state index < -0.39 is 0 Å². The van der Waals surface area contributed by atoms with Crippen LogP contribution in [0.1, 0.15) is 47.0 Å². The quantitative estimate of drug-likeness (QED) is 0.622. The Morgan fingerprint density at radius 1 is 1.33 bits per heavy atom. The van der Waals surface area contributed by atoms with E-state index in [1.54, 1.807) is 0 Å². The number of ether oxygens (including phenoxy) is 1. The summed E-state index contributed by atoms with van der Waals surface area (Å²) in [7, 11) is 0. The first-order valence-corrected chi connectivity index (χ1v) is 6.22. The third-order valence-corrected chi connectivity index (χ3v) is 4.89. The van der Waals surface area contributed by atoms with Crippen LogP contribution in [0.25, 0.3) is 0 Å². The molecule has 2 nitrogen and oxygen atoms in total. The third-order valence-electron chi connectivity index (χ3n) is 4.89. The van der Waals surface area contributed by atoms with E-state index in [9.17, 15) is 4.79 Å². The van der Waals surface area contributed by atoms with Gasteiger partial charge in [0.2, 0.25) is 0 Å². The van der Waals surface area contributed by atoms with Crippen LogP contribution in [0, 0.1) is 23.2 Å². The van der Waals surface area contributed by atoms with Crippen LogP contribution in [0.5, 0.6) is 0 Å². The van der Waals surface area contributed by atoms with Crippen molar-refractivity contribution in [3.05, 3.63) is 0 Å². The summed E-state index contributed by atoms with van der Waals surface area (Å²) < 4.78 is 5.46. The summed E-state index contributed by atoms with van der Waals surface area (Å²) in [6.07, 6.45) is 3.26. The fourth-order valence-electron chi connectivity index (χ4n) is 3.58. The van der Waals surface area contributed by atoms with Crippen LogP contribution in [0.15, 0.2) is 0 Å². The molecular formula is C13H22O2. The highest BCUT2D eigenvalue weighted by molar-refractivity contribution is 5.79. The molecule has 0 N–H and O–H groups in total. The van der Waals surface area contributed by atoms with Crippen molar-refractivity contribution < 1.29 is 9.53 Å². The Morgan fingerprint density at radius 2 is 2.00 bits per heavy atom. The number of carbonyl (C=O) groups excluding carboxylic acids is 1. The van der Waals surface area contributed by atoms with Crippen LogP contribution in [0.2, 0.25) is 0 Å². The summed E-state index contributed by atoms with van der Waals surface area (Å²) in [5.41, 5.74) is -0.147. The maximum absolute atomic E-state index is 12.0. The van der Waals surface area contributed by atoms with Crippen LogP contribution in [0.3, 0.4) is 0 Å². The molecule has 2 fully saturated rings. The van der Waals surface area contributed by atoms with Gasteiger partial charge in [0.25, 0.3) is 0 Å². The van der Waals surface area contributed by atoms with Gasteiger partial charge in [-0.3, -0.25) is 4.79 Å². The molecule has 0 radical (unpaired) electrons. The molecule has 0 aromatic carbocycles. The van der Waals surface area contributed by atoms with E-state index in [1.165, 1.54) is 0 Å². The number of hydrogen-bond donors (Lipinski definition) is 0. The summed E-state index contributed by atoms with van der Waals surface area (Å²) in [6, 6.07) is 0. The van der Waals surface area contributed by atoms with E-state index in [2.05, 4.69) is 27.7 Å². The summed E-state index contributed by atoms with van der Waals surface area (Å²) in [4.78, 5) is 12.0. The molecule has 5 atom stereocenters. The second-order valence-corrected chi connectivity index (χ2v) is 5.62. The van der Waals surface area contributed by atoms with Gasteiger partial charge in [-0.1, -0.05) is 20.8 Å². The summed E-state index contributed by atoms with van der Waals surface area (Å²) >= 11 is 0. The van der Waals surface area contributed by atoms with Crippen molar-refractivity contribution in [2.75, 3.05) is 0 Å². The van der Waals surface area contributed by atoms with Crippen LogP contribution in [-0.2, 0) is 9.53 Å². The molecule has 1 aliphatic heterocycles. The lowest BCUT2D eigenvalue weighted by Crippen LogP contribution is -2.42. The zero-order valence-corrected chi connectivity index (χ0v) is 10.2. The molecule has 1 heterocycles. The number of hydrogen-bond acceptors (Lipinski definition) is 2. The van der Waals surface area contributed by atoms with Crippen LogP contribution < -0.4 is 0 Å². The molecule has 0 aromatic heterocycles. The SMILES string of the molecule is CCC12CC(C)[C@@H](C)CC1C(C)OC2=O. The van der Waals surface area contributed by atoms with Gasteiger partial charge in [-0.15, -0.1) is 0 Å². The second kappa shape index (κ2) is 3.50. The van der Waals surface area contributed by atoms with E-state index in [4.69, 9.17) is 4.74 Å². The third kappa shape index (κ3) is 1.41. The molecule has 0 bridgehead atoms. The molecule has 1 saturated heterocycles. The lowest BCUT2D eigenvalue weighted by Gasteiger charge is -2.42. The van der Waals surface area contributed by atoms with Crippen molar-refractivity contribution in [3.63, 3.8) is 0 Å². The first-order valence-electron chi connectivity index (χ1n) is 6.22. The molecule has 0 amide bonds. The normalized spacial score (nSPS) is 50.0. The average Bonchev–Trinajstić information content (AvgIpc) is 2.42. The zero-order valence-electron chi connectivity index (χ0n) is 10.2. The Bertz CT molecular complexity index is 274. The Balaban J connectivity index is 2.31. The second-order valence-electron chi connectivity index (χ2n) is 5.62. The van der Waals surface area contributed by atoms with Crippen molar-refractivity contribution in [1.82, 2.24) is 0 Å². The number of fused-ring (bicyclic) bond motifs is 1. The van der Waals surface area contributed by atoms with Gasteiger partial charge < -0.3 is 4.74 Å². The largest absolute Gasteiger partial charge is 0.462 e. The van der Waals surface area contributed by atoms with Crippen molar-refractivity contribution in [3.8, 4) is 0 Å². The van der Waals surface area contributed by atoms with Crippen molar-refractivity contribution in [2.24, 2.45) is 23.2 Å². The lowest BCUT2D eigenvalue weighted by atomic mass is 9.59. The van der Waals surface area contributed by atoms with Gasteiger partial charge >= 0.3 is 5.97 Å². The molecule has 2 heteroatoms. The van der Waals surface area contributed by atoms with Gasteiger partial charge in [0, 0.05) is 5.92 Å². The predicted octanol–water partition coefficient (Wildman–Crippen LogP) is 3.01. The first-order chi connectivity index (χ1) is 7.01. The molecule has 1 aliphatic carbocycles. The smallest absolute Gasteiger partial charge is 0.312 e. The van der Waals surface area contributed by atoms with Crippen LogP contribution >= 0.6 is 0 Å². The Labute approximate surface area is 92.4 Å². The minimum Gasteiger partial charge on any atom is -0.462 e. The first kappa shape index (κ1) is 11.0. The van der Waals surface area contributed by atoms with E-state index in [-0.39, 0.29) is 17.5 Å². The zero-order chi connectivity index (χ0) is 11.2. The lowest BCUT2D eigenvalue weighted by molar-refractivity contribution is -0.150. The molecule has 0 spiro atoms. The Hall–Kier alpha value is -0.530. The summed E-state index contributed by atoms with van der Waals surface area (Å²) in [5, 5.41) is 0. The van der Waals surface area contributed by atoms with E-state index in [1.807, 2.05) is 0 Å². The standard InChI is InChI=1S/C13H22O2/c1-5-13-7-9(3)8(2)6-11(13)10(4)15-12(13)14/h8-11H,5-7H2,1-4H3/t8-,9?,10?,11?,13?/m0/s1. The summed E-state index contributed by atoms with van der Waals surface area (Å²) in [6.45, 7) is 8.77.